The molecule has 0 fully saturated rings. The van der Waals surface area contributed by atoms with Crippen LogP contribution in [0.2, 0.25) is 0 Å². The molecule has 0 saturated heterocycles. The van der Waals surface area contributed by atoms with Crippen LogP contribution < -0.4 is 21.9 Å². The number of nitrogens with two attached hydrogens (primary N) is 1. The van der Waals surface area contributed by atoms with Crippen LogP contribution in [0, 0.1) is 6.92 Å². The maximum atomic E-state index is 13.1. The average Bonchev–Trinajstić information content (AvgIpc) is 3.29. The number of fused-ring (bicyclic) bond motifs is 1. The van der Waals surface area contributed by atoms with Crippen LogP contribution >= 0.6 is 0 Å². The van der Waals surface area contributed by atoms with Gasteiger partial charge in [-0.2, -0.15) is 0 Å². The predicted octanol–water partition coefficient (Wildman–Crippen LogP) is 3.41. The lowest BCUT2D eigenvalue weighted by Crippen LogP contribution is -2.25. The van der Waals surface area contributed by atoms with E-state index >= 15 is 0 Å². The Bertz CT molecular complexity index is 1100. The van der Waals surface area contributed by atoms with Gasteiger partial charge in [-0.3, -0.25) is 4.79 Å². The summed E-state index contributed by atoms with van der Waals surface area (Å²) < 4.78 is 0. The monoisotopic (exact) mass is 429 g/mol. The number of hydrogen-bond acceptors (Lipinski definition) is 5. The fourth-order valence-electron chi connectivity index (χ4n) is 4.22. The standard InChI is InChI=1S/C26H31N5O/c1-18-22(26(32)28-15-19-7-4-3-5-8-19)14-23(24-16-29-30-25(18)24)21-10-6-9-20(13-21)17-31(2)12-11-27/h3-10,13-14,29-30H,11-12,15-17,27H2,1-2H3,(H,28,32). The smallest absolute Gasteiger partial charge is 0.251 e. The van der Waals surface area contributed by atoms with Crippen molar-refractivity contribution in [3.63, 3.8) is 0 Å². The molecule has 0 bridgehead atoms. The van der Waals surface area contributed by atoms with Gasteiger partial charge in [-0.25, -0.2) is 5.43 Å². The van der Waals surface area contributed by atoms with Crippen molar-refractivity contribution < 1.29 is 4.79 Å². The van der Waals surface area contributed by atoms with E-state index in [1.165, 1.54) is 11.1 Å². The maximum absolute atomic E-state index is 13.1. The predicted molar refractivity (Wildman–Crippen MR) is 130 cm³/mol. The topological polar surface area (TPSA) is 82.4 Å². The van der Waals surface area contributed by atoms with Gasteiger partial charge in [0.2, 0.25) is 0 Å². The summed E-state index contributed by atoms with van der Waals surface area (Å²) in [6.45, 7) is 5.54. The third-order valence-corrected chi connectivity index (χ3v) is 5.91. The average molecular weight is 430 g/mol. The van der Waals surface area contributed by atoms with Crippen molar-refractivity contribution in [1.82, 2.24) is 15.6 Å². The second-order valence-corrected chi connectivity index (χ2v) is 8.32. The molecule has 0 radical (unpaired) electrons. The molecule has 5 N–H and O–H groups in total. The summed E-state index contributed by atoms with van der Waals surface area (Å²) in [5.41, 5.74) is 20.5. The summed E-state index contributed by atoms with van der Waals surface area (Å²) in [7, 11) is 2.08. The Kier molecular flexibility index (Phi) is 6.85. The van der Waals surface area contributed by atoms with Gasteiger partial charge in [0.25, 0.3) is 5.91 Å². The number of likely N-dealkylation sites (N-methyl/N-ethyl adjacent to an activating group) is 1. The van der Waals surface area contributed by atoms with E-state index in [0.29, 0.717) is 25.2 Å². The molecule has 0 aliphatic carbocycles. The lowest BCUT2D eigenvalue weighted by Gasteiger charge is -2.18. The van der Waals surface area contributed by atoms with E-state index in [4.69, 9.17) is 5.73 Å². The van der Waals surface area contributed by atoms with Crippen molar-refractivity contribution in [3.8, 4) is 11.1 Å². The Balaban J connectivity index is 1.65. The summed E-state index contributed by atoms with van der Waals surface area (Å²) in [4.78, 5) is 15.3. The molecule has 0 saturated carbocycles. The van der Waals surface area contributed by atoms with E-state index in [9.17, 15) is 4.79 Å². The van der Waals surface area contributed by atoms with Crippen molar-refractivity contribution in [3.05, 3.63) is 88.5 Å². The molecule has 0 aromatic heterocycles. The minimum Gasteiger partial charge on any atom is -0.348 e. The maximum Gasteiger partial charge on any atom is 0.251 e. The van der Waals surface area contributed by atoms with Gasteiger partial charge in [0.1, 0.15) is 0 Å². The molecule has 1 aliphatic rings. The molecule has 32 heavy (non-hydrogen) atoms. The van der Waals surface area contributed by atoms with E-state index in [1.54, 1.807) is 0 Å². The van der Waals surface area contributed by atoms with Gasteiger partial charge >= 0.3 is 0 Å². The zero-order valence-corrected chi connectivity index (χ0v) is 18.7. The van der Waals surface area contributed by atoms with Gasteiger partial charge in [-0.05, 0) is 53.9 Å². The van der Waals surface area contributed by atoms with Crippen molar-refractivity contribution in [2.45, 2.75) is 26.6 Å². The zero-order valence-electron chi connectivity index (χ0n) is 18.7. The number of anilines is 1. The van der Waals surface area contributed by atoms with Gasteiger partial charge in [-0.1, -0.05) is 48.5 Å². The first-order chi connectivity index (χ1) is 15.6. The van der Waals surface area contributed by atoms with E-state index < -0.39 is 0 Å². The van der Waals surface area contributed by atoms with Crippen molar-refractivity contribution in [2.24, 2.45) is 5.73 Å². The molecule has 0 unspecified atom stereocenters. The van der Waals surface area contributed by atoms with Crippen LogP contribution in [0.5, 0.6) is 0 Å². The van der Waals surface area contributed by atoms with Gasteiger partial charge in [0.15, 0.2) is 0 Å². The molecular formula is C26H31N5O. The molecule has 1 aliphatic heterocycles. The van der Waals surface area contributed by atoms with E-state index in [0.717, 1.165) is 41.0 Å². The Labute approximate surface area is 189 Å². The minimum absolute atomic E-state index is 0.0667. The molecule has 4 rings (SSSR count). The normalized spacial score (nSPS) is 12.5. The fourth-order valence-corrected chi connectivity index (χ4v) is 4.22. The van der Waals surface area contributed by atoms with Crippen LogP contribution in [0.4, 0.5) is 5.69 Å². The zero-order chi connectivity index (χ0) is 22.5. The number of nitrogens with zero attached hydrogens (tertiary/aromatic N) is 1. The second-order valence-electron chi connectivity index (χ2n) is 8.32. The summed E-state index contributed by atoms with van der Waals surface area (Å²) in [5.74, 6) is -0.0667. The lowest BCUT2D eigenvalue weighted by molar-refractivity contribution is 0.0950. The molecular weight excluding hydrogens is 398 g/mol. The number of carbonyl (C=O) groups excluding carboxylic acids is 1. The molecule has 1 heterocycles. The molecule has 0 spiro atoms. The van der Waals surface area contributed by atoms with Crippen LogP contribution in [0.15, 0.2) is 60.7 Å². The molecule has 6 nitrogen and oxygen atoms in total. The molecule has 0 atom stereocenters. The third kappa shape index (κ3) is 4.83. The first kappa shape index (κ1) is 22.0. The molecule has 3 aromatic rings. The van der Waals surface area contributed by atoms with E-state index in [-0.39, 0.29) is 5.91 Å². The summed E-state index contributed by atoms with van der Waals surface area (Å²) in [6, 6.07) is 20.5. The number of benzene rings is 3. The highest BCUT2D eigenvalue weighted by Crippen LogP contribution is 2.37. The Morgan fingerprint density at radius 1 is 1.09 bits per heavy atom. The first-order valence-corrected chi connectivity index (χ1v) is 11.0. The molecule has 166 valence electrons. The van der Waals surface area contributed by atoms with Crippen molar-refractivity contribution in [1.29, 1.82) is 0 Å². The molecule has 3 aromatic carbocycles. The number of nitrogens with one attached hydrogen (secondary N) is 3. The number of hydrogen-bond donors (Lipinski definition) is 4. The highest BCUT2D eigenvalue weighted by atomic mass is 16.1. The summed E-state index contributed by atoms with van der Waals surface area (Å²) >= 11 is 0. The van der Waals surface area contributed by atoms with Gasteiger partial charge in [0.05, 0.1) is 5.69 Å². The number of rotatable bonds is 8. The highest BCUT2D eigenvalue weighted by molar-refractivity contribution is 5.99. The molecule has 6 heteroatoms. The summed E-state index contributed by atoms with van der Waals surface area (Å²) in [6.07, 6.45) is 0. The van der Waals surface area contributed by atoms with E-state index in [2.05, 4.69) is 52.4 Å². The fraction of sp³-hybridized carbons (Fsp3) is 0.269. The molecule has 1 amide bonds. The van der Waals surface area contributed by atoms with Crippen LogP contribution in [0.25, 0.3) is 11.1 Å². The Morgan fingerprint density at radius 2 is 1.88 bits per heavy atom. The Morgan fingerprint density at radius 3 is 2.66 bits per heavy atom. The van der Waals surface area contributed by atoms with E-state index in [1.807, 2.05) is 43.3 Å². The summed E-state index contributed by atoms with van der Waals surface area (Å²) in [5, 5.41) is 3.07. The van der Waals surface area contributed by atoms with Gasteiger partial charge in [0, 0.05) is 43.9 Å². The van der Waals surface area contributed by atoms with Gasteiger partial charge < -0.3 is 21.4 Å². The van der Waals surface area contributed by atoms with Crippen molar-refractivity contribution in [2.75, 3.05) is 25.6 Å². The van der Waals surface area contributed by atoms with Crippen LogP contribution in [-0.2, 0) is 19.6 Å². The van der Waals surface area contributed by atoms with Crippen LogP contribution in [0.3, 0.4) is 0 Å². The SMILES string of the molecule is Cc1c(C(=O)NCc2ccccc2)cc(-c2cccc(CN(C)CCN)c2)c2c1NNC2. The number of hydrazine groups is 1. The highest BCUT2D eigenvalue weighted by Gasteiger charge is 2.23. The van der Waals surface area contributed by atoms with Crippen molar-refractivity contribution >= 4 is 11.6 Å². The van der Waals surface area contributed by atoms with Gasteiger partial charge in [-0.15, -0.1) is 0 Å². The largest absolute Gasteiger partial charge is 0.348 e. The second kappa shape index (κ2) is 9.96. The first-order valence-electron chi connectivity index (χ1n) is 11.0. The minimum atomic E-state index is -0.0667. The number of carbonyl (C=O) groups is 1. The van der Waals surface area contributed by atoms with Crippen LogP contribution in [-0.4, -0.2) is 30.9 Å². The quantitative estimate of drug-likeness (QED) is 0.441. The van der Waals surface area contributed by atoms with Crippen LogP contribution in [0.1, 0.15) is 32.6 Å². The third-order valence-electron chi connectivity index (χ3n) is 5.91. The lowest BCUT2D eigenvalue weighted by atomic mass is 9.91. The number of amides is 1. The Hall–Kier alpha value is -3.19.